The summed E-state index contributed by atoms with van der Waals surface area (Å²) in [5.41, 5.74) is 0.0587. The van der Waals surface area contributed by atoms with Crippen molar-refractivity contribution in [1.29, 1.82) is 0 Å². The molecule has 1 fully saturated rings. The highest BCUT2D eigenvalue weighted by Gasteiger charge is 2.60. The smallest absolute Gasteiger partial charge is 0.228 e. The zero-order chi connectivity index (χ0) is 20.1. The molecule has 0 spiro atoms. The van der Waals surface area contributed by atoms with E-state index in [1.54, 1.807) is 12.1 Å². The van der Waals surface area contributed by atoms with Crippen molar-refractivity contribution >= 4 is 20.7 Å². The number of rotatable bonds is 4. The second kappa shape index (κ2) is 6.81. The van der Waals surface area contributed by atoms with Crippen LogP contribution < -0.4 is 5.32 Å². The van der Waals surface area contributed by atoms with E-state index in [0.717, 1.165) is 0 Å². The van der Waals surface area contributed by atoms with Gasteiger partial charge in [-0.25, -0.2) is 4.39 Å². The molecule has 1 aromatic carbocycles. The van der Waals surface area contributed by atoms with Gasteiger partial charge >= 0.3 is 0 Å². The Balaban J connectivity index is 1.94. The summed E-state index contributed by atoms with van der Waals surface area (Å²) in [6, 6.07) is 4.41. The average molecular weight is 392 g/mol. The molecule has 4 atom stereocenters. The van der Waals surface area contributed by atoms with Gasteiger partial charge in [0, 0.05) is 11.5 Å². The van der Waals surface area contributed by atoms with E-state index >= 15 is 0 Å². The van der Waals surface area contributed by atoms with E-state index in [1.807, 2.05) is 6.92 Å². The molecule has 2 aliphatic rings. The van der Waals surface area contributed by atoms with Crippen LogP contribution in [-0.2, 0) is 15.6 Å². The highest BCUT2D eigenvalue weighted by molar-refractivity contribution is 6.48. The quantitative estimate of drug-likeness (QED) is 0.631. The fourth-order valence-electron chi connectivity index (χ4n) is 4.55. The molecule has 4 nitrogen and oxygen atoms in total. The Bertz CT molecular complexity index is 773. The van der Waals surface area contributed by atoms with Crippen LogP contribution in [0.15, 0.2) is 18.2 Å². The molecule has 1 amide bonds. The highest BCUT2D eigenvalue weighted by Crippen LogP contribution is 2.47. The first kappa shape index (κ1) is 20.2. The van der Waals surface area contributed by atoms with Crippen molar-refractivity contribution in [3.63, 3.8) is 0 Å². The van der Waals surface area contributed by atoms with Gasteiger partial charge in [-0.1, -0.05) is 32.9 Å². The molecule has 1 N–H and O–H groups in total. The van der Waals surface area contributed by atoms with Gasteiger partial charge in [-0.3, -0.25) is 9.59 Å². The lowest BCUT2D eigenvalue weighted by Crippen LogP contribution is -2.73. The number of ketones is 1. The lowest BCUT2D eigenvalue weighted by molar-refractivity contribution is -0.161. The molecule has 0 bridgehead atoms. The molecule has 1 heterocycles. The minimum absolute atomic E-state index is 0.0510. The van der Waals surface area contributed by atoms with Gasteiger partial charge in [0.15, 0.2) is 14.8 Å². The van der Waals surface area contributed by atoms with Crippen LogP contribution in [0.2, 0.25) is 13.1 Å². The van der Waals surface area contributed by atoms with E-state index in [2.05, 4.69) is 39.2 Å². The van der Waals surface area contributed by atoms with Crippen molar-refractivity contribution in [1.82, 2.24) is 5.32 Å². The Morgan fingerprint density at radius 3 is 2.41 bits per heavy atom. The molecule has 0 unspecified atom stereocenters. The maximum absolute atomic E-state index is 14.1. The zero-order valence-corrected chi connectivity index (χ0v) is 18.2. The molecule has 3 rings (SSSR count). The van der Waals surface area contributed by atoms with Crippen LogP contribution in [0.4, 0.5) is 4.39 Å². The topological polar surface area (TPSA) is 55.4 Å². The average Bonchev–Trinajstić information content (AvgIpc) is 2.52. The molecule has 148 valence electrons. The Morgan fingerprint density at radius 1 is 1.19 bits per heavy atom. The first-order valence-electron chi connectivity index (χ1n) is 9.77. The lowest BCUT2D eigenvalue weighted by atomic mass is 9.60. The SMILES string of the molecule is C[SiH](C)O[C@](C)([C@H]1C(=O)N[C@@H]1[C@H]1CCc2c(F)cccc2C1=O)C(C)(C)C. The van der Waals surface area contributed by atoms with Crippen molar-refractivity contribution < 1.29 is 18.4 Å². The summed E-state index contributed by atoms with van der Waals surface area (Å²) in [4.78, 5) is 25.7. The molecular weight excluding hydrogens is 361 g/mol. The fraction of sp³-hybridized carbons (Fsp3) is 0.619. The molecule has 0 aromatic heterocycles. The van der Waals surface area contributed by atoms with Crippen LogP contribution in [-0.4, -0.2) is 32.4 Å². The van der Waals surface area contributed by atoms with Crippen molar-refractivity contribution in [3.8, 4) is 0 Å². The molecule has 27 heavy (non-hydrogen) atoms. The Morgan fingerprint density at radius 2 is 1.85 bits per heavy atom. The van der Waals surface area contributed by atoms with Gasteiger partial charge < -0.3 is 9.74 Å². The first-order chi connectivity index (χ1) is 12.5. The molecule has 0 radical (unpaired) electrons. The van der Waals surface area contributed by atoms with Gasteiger partial charge in [0.05, 0.1) is 17.6 Å². The van der Waals surface area contributed by atoms with Crippen LogP contribution in [0.25, 0.3) is 0 Å². The van der Waals surface area contributed by atoms with Gasteiger partial charge in [0.25, 0.3) is 0 Å². The van der Waals surface area contributed by atoms with E-state index in [-0.39, 0.29) is 40.8 Å². The summed E-state index contributed by atoms with van der Waals surface area (Å²) in [6.45, 7) is 12.5. The van der Waals surface area contributed by atoms with E-state index < -0.39 is 14.6 Å². The number of nitrogens with one attached hydrogen (secondary N) is 1. The third kappa shape index (κ3) is 3.27. The van der Waals surface area contributed by atoms with E-state index in [0.29, 0.717) is 24.0 Å². The van der Waals surface area contributed by atoms with Gasteiger partial charge in [-0.2, -0.15) is 0 Å². The Hall–Kier alpha value is -1.53. The van der Waals surface area contributed by atoms with Crippen LogP contribution >= 0.6 is 0 Å². The van der Waals surface area contributed by atoms with Crippen molar-refractivity contribution in [2.24, 2.45) is 17.3 Å². The maximum Gasteiger partial charge on any atom is 0.228 e. The fourth-order valence-corrected chi connectivity index (χ4v) is 6.03. The maximum atomic E-state index is 14.1. The van der Waals surface area contributed by atoms with E-state index in [1.165, 1.54) is 6.07 Å². The second-order valence-corrected chi connectivity index (χ2v) is 11.6. The lowest BCUT2D eigenvalue weighted by Gasteiger charge is -2.56. The number of carbonyl (C=O) groups is 2. The van der Waals surface area contributed by atoms with Gasteiger partial charge in [0.2, 0.25) is 5.91 Å². The number of benzene rings is 1. The molecule has 6 heteroatoms. The molecule has 1 saturated heterocycles. The van der Waals surface area contributed by atoms with Gasteiger partial charge in [0.1, 0.15) is 5.82 Å². The van der Waals surface area contributed by atoms with Gasteiger partial charge in [-0.05, 0) is 49.9 Å². The first-order valence-corrected chi connectivity index (χ1v) is 12.5. The van der Waals surface area contributed by atoms with Crippen LogP contribution in [0.5, 0.6) is 0 Å². The monoisotopic (exact) mass is 391 g/mol. The predicted molar refractivity (Wildman–Crippen MR) is 106 cm³/mol. The normalized spacial score (nSPS) is 27.6. The summed E-state index contributed by atoms with van der Waals surface area (Å²) >= 11 is 0. The summed E-state index contributed by atoms with van der Waals surface area (Å²) in [5, 5.41) is 2.97. The minimum Gasteiger partial charge on any atom is -0.414 e. The summed E-state index contributed by atoms with van der Waals surface area (Å²) < 4.78 is 20.5. The standard InChI is InChI=1S/C21H30FNO3Si/c1-20(2,3)21(4,26-27(5)6)16-17(23-19(16)25)14-11-10-12-13(18(14)24)8-7-9-15(12)22/h7-9,14,16-17,27H,10-11H2,1-6H3,(H,23,25)/t14-,16-,17-,21-/m1/s1. The molecule has 0 saturated carbocycles. The second-order valence-electron chi connectivity index (χ2n) is 9.31. The number of halogens is 1. The molecule has 1 aliphatic heterocycles. The number of hydrogen-bond donors (Lipinski definition) is 1. The molecule has 1 aliphatic carbocycles. The Labute approximate surface area is 162 Å². The van der Waals surface area contributed by atoms with E-state index in [4.69, 9.17) is 4.43 Å². The number of β-lactam (4-membered cyclic amide) rings is 1. The van der Waals surface area contributed by atoms with Gasteiger partial charge in [-0.15, -0.1) is 0 Å². The third-order valence-corrected chi connectivity index (χ3v) is 7.33. The zero-order valence-electron chi connectivity index (χ0n) is 17.1. The number of Topliss-reactive ketones (excluding diaryl/α,β-unsaturated/α-hetero) is 1. The van der Waals surface area contributed by atoms with Crippen LogP contribution in [0.3, 0.4) is 0 Å². The molecule has 1 aromatic rings. The van der Waals surface area contributed by atoms with Crippen molar-refractivity contribution in [3.05, 3.63) is 35.1 Å². The Kier molecular flexibility index (Phi) is 5.10. The summed E-state index contributed by atoms with van der Waals surface area (Å²) in [7, 11) is -1.42. The highest BCUT2D eigenvalue weighted by atomic mass is 28.3. The van der Waals surface area contributed by atoms with E-state index in [9.17, 15) is 14.0 Å². The molecular formula is C21H30FNO3Si. The van der Waals surface area contributed by atoms with Crippen molar-refractivity contribution in [2.45, 2.75) is 65.3 Å². The number of hydrogen-bond acceptors (Lipinski definition) is 3. The van der Waals surface area contributed by atoms with Crippen molar-refractivity contribution in [2.75, 3.05) is 0 Å². The van der Waals surface area contributed by atoms with Crippen LogP contribution in [0.1, 0.15) is 50.0 Å². The number of amides is 1. The predicted octanol–water partition coefficient (Wildman–Crippen LogP) is 3.49. The largest absolute Gasteiger partial charge is 0.414 e. The number of fused-ring (bicyclic) bond motifs is 1. The summed E-state index contributed by atoms with van der Waals surface area (Å²) in [5.74, 6) is -1.14. The summed E-state index contributed by atoms with van der Waals surface area (Å²) in [6.07, 6.45) is 1.07. The van der Waals surface area contributed by atoms with Crippen LogP contribution in [0, 0.1) is 23.1 Å². The minimum atomic E-state index is -1.42. The number of carbonyl (C=O) groups excluding carboxylic acids is 2. The third-order valence-electron chi connectivity index (χ3n) is 6.37.